The Labute approximate surface area is 147 Å². The van der Waals surface area contributed by atoms with Crippen LogP contribution in [0.15, 0.2) is 0 Å². The molecular formula is C16H37NO6S. The second kappa shape index (κ2) is 19.1. The molecule has 0 aromatic heterocycles. The van der Waals surface area contributed by atoms with Gasteiger partial charge in [-0.15, -0.1) is 0 Å². The number of rotatable bonds is 16. The van der Waals surface area contributed by atoms with Crippen LogP contribution in [-0.2, 0) is 19.3 Å². The Bertz CT molecular complexity index is 337. The van der Waals surface area contributed by atoms with Gasteiger partial charge in [-0.25, -0.2) is 4.18 Å². The van der Waals surface area contributed by atoms with Crippen molar-refractivity contribution in [1.82, 2.24) is 0 Å². The Hall–Kier alpha value is -0.250. The van der Waals surface area contributed by atoms with Crippen molar-refractivity contribution in [3.05, 3.63) is 0 Å². The molecule has 0 aromatic rings. The summed E-state index contributed by atoms with van der Waals surface area (Å²) in [5.41, 5.74) is 4.50. The molecule has 0 saturated carbocycles. The van der Waals surface area contributed by atoms with Gasteiger partial charge in [0.25, 0.3) is 0 Å². The molecule has 0 amide bonds. The average Bonchev–Trinajstić information content (AvgIpc) is 2.55. The van der Waals surface area contributed by atoms with Crippen molar-refractivity contribution < 1.29 is 27.0 Å². The second-order valence-corrected chi connectivity index (χ2v) is 6.71. The van der Waals surface area contributed by atoms with Gasteiger partial charge in [-0.2, -0.15) is 8.42 Å². The van der Waals surface area contributed by atoms with E-state index in [0.717, 1.165) is 12.8 Å². The van der Waals surface area contributed by atoms with Gasteiger partial charge in [0.15, 0.2) is 0 Å². The van der Waals surface area contributed by atoms with Crippen LogP contribution in [0, 0.1) is 0 Å². The molecule has 1 atom stereocenters. The Kier molecular flexibility index (Phi) is 20.7. The third kappa shape index (κ3) is 24.0. The number of ether oxygens (including phenoxy) is 1. The number of aliphatic hydroxyl groups is 1. The predicted octanol–water partition coefficient (Wildman–Crippen LogP) is 2.68. The van der Waals surface area contributed by atoms with Gasteiger partial charge in [-0.05, 0) is 13.5 Å². The lowest BCUT2D eigenvalue weighted by atomic mass is 10.1. The standard InChI is InChI=1S/C15H32O6S.CH5N/c1-2-3-4-5-6-7-8-9-10-11-12-20-13-15(16)14-21-22(17,18)19;1-2/h15-16H,2-14H2,1H3,(H,17,18,19);2H2,1H3. The van der Waals surface area contributed by atoms with Crippen LogP contribution in [0.3, 0.4) is 0 Å². The first-order chi connectivity index (χ1) is 11.5. The van der Waals surface area contributed by atoms with Gasteiger partial charge in [0.1, 0.15) is 6.10 Å². The van der Waals surface area contributed by atoms with Crippen LogP contribution in [0.5, 0.6) is 0 Å². The Balaban J connectivity index is 0. The Morgan fingerprint density at radius 1 is 0.875 bits per heavy atom. The van der Waals surface area contributed by atoms with Crippen LogP contribution in [0.1, 0.15) is 71.1 Å². The van der Waals surface area contributed by atoms with Crippen molar-refractivity contribution in [1.29, 1.82) is 0 Å². The van der Waals surface area contributed by atoms with E-state index in [4.69, 9.17) is 9.29 Å². The van der Waals surface area contributed by atoms with Gasteiger partial charge in [0, 0.05) is 6.61 Å². The molecule has 0 heterocycles. The maximum atomic E-state index is 10.3. The second-order valence-electron chi connectivity index (χ2n) is 5.62. The minimum atomic E-state index is -4.49. The van der Waals surface area contributed by atoms with Crippen LogP contribution < -0.4 is 5.73 Å². The first-order valence-electron chi connectivity index (χ1n) is 8.91. The zero-order valence-corrected chi connectivity index (χ0v) is 16.1. The molecule has 0 aliphatic carbocycles. The lowest BCUT2D eigenvalue weighted by Crippen LogP contribution is -2.23. The molecule has 0 bridgehead atoms. The minimum absolute atomic E-state index is 0.00689. The number of hydrogen-bond acceptors (Lipinski definition) is 6. The summed E-state index contributed by atoms with van der Waals surface area (Å²) in [5, 5.41) is 9.35. The van der Waals surface area contributed by atoms with Gasteiger partial charge in [-0.1, -0.05) is 64.7 Å². The SMILES string of the molecule is CCCCCCCCCCCCOCC(O)COS(=O)(=O)O.CN. The van der Waals surface area contributed by atoms with E-state index in [9.17, 15) is 13.5 Å². The topological polar surface area (TPSA) is 119 Å². The Morgan fingerprint density at radius 2 is 1.33 bits per heavy atom. The van der Waals surface area contributed by atoms with Crippen molar-refractivity contribution in [2.75, 3.05) is 26.9 Å². The van der Waals surface area contributed by atoms with Crippen LogP contribution in [-0.4, -0.2) is 51.0 Å². The molecule has 8 heteroatoms. The monoisotopic (exact) mass is 371 g/mol. The van der Waals surface area contributed by atoms with Crippen LogP contribution in [0.4, 0.5) is 0 Å². The summed E-state index contributed by atoms with van der Waals surface area (Å²) in [6.45, 7) is 2.28. The average molecular weight is 372 g/mol. The fourth-order valence-electron chi connectivity index (χ4n) is 2.12. The molecular weight excluding hydrogens is 334 g/mol. The van der Waals surface area contributed by atoms with Crippen molar-refractivity contribution in [3.8, 4) is 0 Å². The number of unbranched alkanes of at least 4 members (excludes halogenated alkanes) is 9. The highest BCUT2D eigenvalue weighted by Gasteiger charge is 2.10. The van der Waals surface area contributed by atoms with E-state index in [1.54, 1.807) is 0 Å². The van der Waals surface area contributed by atoms with Gasteiger partial charge in [-0.3, -0.25) is 4.55 Å². The maximum Gasteiger partial charge on any atom is 0.397 e. The zero-order valence-electron chi connectivity index (χ0n) is 15.3. The van der Waals surface area contributed by atoms with Gasteiger partial charge in [0.05, 0.1) is 13.2 Å². The summed E-state index contributed by atoms with van der Waals surface area (Å²) >= 11 is 0. The highest BCUT2D eigenvalue weighted by atomic mass is 32.3. The lowest BCUT2D eigenvalue weighted by molar-refractivity contribution is 0.0101. The smallest absolute Gasteiger partial charge is 0.388 e. The summed E-state index contributed by atoms with van der Waals surface area (Å²) in [7, 11) is -2.99. The summed E-state index contributed by atoms with van der Waals surface area (Å²) in [5.74, 6) is 0. The first-order valence-corrected chi connectivity index (χ1v) is 10.3. The van der Waals surface area contributed by atoms with E-state index in [1.807, 2.05) is 0 Å². The summed E-state index contributed by atoms with van der Waals surface area (Å²) in [6, 6.07) is 0. The summed E-state index contributed by atoms with van der Waals surface area (Å²) in [6.07, 6.45) is 11.4. The van der Waals surface area contributed by atoms with E-state index in [2.05, 4.69) is 16.8 Å². The third-order valence-corrected chi connectivity index (χ3v) is 3.80. The van der Waals surface area contributed by atoms with E-state index >= 15 is 0 Å². The quantitative estimate of drug-likeness (QED) is 0.282. The fourth-order valence-corrected chi connectivity index (χ4v) is 2.45. The van der Waals surface area contributed by atoms with E-state index in [1.165, 1.54) is 58.4 Å². The van der Waals surface area contributed by atoms with E-state index in [0.29, 0.717) is 6.61 Å². The molecule has 7 nitrogen and oxygen atoms in total. The first kappa shape index (κ1) is 26.0. The zero-order chi connectivity index (χ0) is 18.7. The number of aliphatic hydroxyl groups excluding tert-OH is 1. The molecule has 148 valence electrons. The third-order valence-electron chi connectivity index (χ3n) is 3.36. The van der Waals surface area contributed by atoms with Crippen LogP contribution in [0.2, 0.25) is 0 Å². The fraction of sp³-hybridized carbons (Fsp3) is 1.00. The normalized spacial score (nSPS) is 12.5. The Morgan fingerprint density at radius 3 is 1.79 bits per heavy atom. The molecule has 0 aromatic carbocycles. The van der Waals surface area contributed by atoms with E-state index < -0.39 is 23.1 Å². The molecule has 0 fully saturated rings. The molecule has 24 heavy (non-hydrogen) atoms. The lowest BCUT2D eigenvalue weighted by Gasteiger charge is -2.10. The van der Waals surface area contributed by atoms with Gasteiger partial charge >= 0.3 is 10.4 Å². The van der Waals surface area contributed by atoms with Gasteiger partial charge < -0.3 is 15.6 Å². The molecule has 0 aliphatic rings. The molecule has 0 saturated heterocycles. The number of hydrogen-bond donors (Lipinski definition) is 3. The largest absolute Gasteiger partial charge is 0.397 e. The summed E-state index contributed by atoms with van der Waals surface area (Å²) < 4.78 is 38.2. The van der Waals surface area contributed by atoms with Crippen molar-refractivity contribution in [2.45, 2.75) is 77.2 Å². The maximum absolute atomic E-state index is 10.3. The molecule has 1 unspecified atom stereocenters. The van der Waals surface area contributed by atoms with Crippen molar-refractivity contribution in [3.63, 3.8) is 0 Å². The van der Waals surface area contributed by atoms with Crippen molar-refractivity contribution >= 4 is 10.4 Å². The highest BCUT2D eigenvalue weighted by Crippen LogP contribution is 2.10. The predicted molar refractivity (Wildman–Crippen MR) is 96.3 cm³/mol. The summed E-state index contributed by atoms with van der Waals surface area (Å²) in [4.78, 5) is 0. The van der Waals surface area contributed by atoms with Crippen LogP contribution >= 0.6 is 0 Å². The molecule has 4 N–H and O–H groups in total. The number of nitrogens with two attached hydrogens (primary N) is 1. The van der Waals surface area contributed by atoms with E-state index in [-0.39, 0.29) is 6.61 Å². The molecule has 0 aliphatic heterocycles. The molecule has 0 spiro atoms. The highest BCUT2D eigenvalue weighted by molar-refractivity contribution is 7.80. The van der Waals surface area contributed by atoms with Crippen molar-refractivity contribution in [2.24, 2.45) is 5.73 Å². The molecule has 0 rings (SSSR count). The minimum Gasteiger partial charge on any atom is -0.388 e. The molecule has 0 radical (unpaired) electrons. The van der Waals surface area contributed by atoms with Crippen LogP contribution in [0.25, 0.3) is 0 Å². The van der Waals surface area contributed by atoms with Gasteiger partial charge in [0.2, 0.25) is 0 Å².